The van der Waals surface area contributed by atoms with Gasteiger partial charge in [-0.3, -0.25) is 0 Å². The molecule has 0 heterocycles. The zero-order chi connectivity index (χ0) is 13.2. The van der Waals surface area contributed by atoms with Gasteiger partial charge in [-0.1, -0.05) is 23.2 Å². The van der Waals surface area contributed by atoms with Crippen molar-refractivity contribution in [2.24, 2.45) is 0 Å². The summed E-state index contributed by atoms with van der Waals surface area (Å²) in [5, 5.41) is -1.55. The van der Waals surface area contributed by atoms with Gasteiger partial charge in [0.15, 0.2) is 17.4 Å². The first-order valence-corrected chi connectivity index (χ1v) is 4.96. The maximum absolute atomic E-state index is 13.5. The van der Waals surface area contributed by atoms with Crippen molar-refractivity contribution >= 4 is 29.2 Å². The predicted molar refractivity (Wildman–Crippen MR) is 53.8 cm³/mol. The van der Waals surface area contributed by atoms with Gasteiger partial charge in [-0.15, -0.1) is 0 Å². The molecule has 0 aliphatic heterocycles. The third-order valence-electron chi connectivity index (χ3n) is 1.74. The van der Waals surface area contributed by atoms with Crippen molar-refractivity contribution in [3.63, 3.8) is 0 Å². The number of rotatable bonds is 3. The highest BCUT2D eigenvalue weighted by Gasteiger charge is 2.25. The molecule has 0 unspecified atom stereocenters. The summed E-state index contributed by atoms with van der Waals surface area (Å²) in [7, 11) is 0.919. The summed E-state index contributed by atoms with van der Waals surface area (Å²) in [5.74, 6) is -6.77. The van der Waals surface area contributed by atoms with Gasteiger partial charge in [-0.05, 0) is 6.07 Å². The van der Waals surface area contributed by atoms with E-state index in [-0.39, 0.29) is 0 Å². The molecular formula is C9H5Cl2F3O3. The molecule has 0 radical (unpaired) electrons. The van der Waals surface area contributed by atoms with Crippen molar-refractivity contribution in [3.8, 4) is 5.75 Å². The van der Waals surface area contributed by atoms with Crippen LogP contribution in [0.25, 0.3) is 0 Å². The standard InChI is InChI=1S/C9H5Cl2F3O3/c1-16-7-5(13)3(2-4(12)6(7)14)8(15)17-9(10)11/h2,9H,1H3. The van der Waals surface area contributed by atoms with Crippen LogP contribution in [0.1, 0.15) is 10.4 Å². The monoisotopic (exact) mass is 288 g/mol. The molecule has 0 spiro atoms. The zero-order valence-electron chi connectivity index (χ0n) is 8.27. The minimum atomic E-state index is -1.55. The highest BCUT2D eigenvalue weighted by Crippen LogP contribution is 2.27. The average molecular weight is 289 g/mol. The van der Waals surface area contributed by atoms with Gasteiger partial charge in [-0.25, -0.2) is 13.6 Å². The van der Waals surface area contributed by atoms with Gasteiger partial charge < -0.3 is 9.47 Å². The summed E-state index contributed by atoms with van der Waals surface area (Å²) in [6.45, 7) is 0. The molecule has 0 saturated carbocycles. The molecule has 8 heteroatoms. The Labute approximate surface area is 104 Å². The van der Waals surface area contributed by atoms with Gasteiger partial charge in [0.25, 0.3) is 5.02 Å². The summed E-state index contributed by atoms with van der Waals surface area (Å²) in [6.07, 6.45) is 0. The van der Waals surface area contributed by atoms with Crippen LogP contribution in [0.2, 0.25) is 0 Å². The van der Waals surface area contributed by atoms with Crippen molar-refractivity contribution in [1.29, 1.82) is 0 Å². The van der Waals surface area contributed by atoms with Crippen LogP contribution in [0.4, 0.5) is 13.2 Å². The molecule has 3 nitrogen and oxygen atoms in total. The predicted octanol–water partition coefficient (Wildman–Crippen LogP) is 3.03. The Bertz CT molecular complexity index is 452. The van der Waals surface area contributed by atoms with E-state index in [0.717, 1.165) is 7.11 Å². The van der Waals surface area contributed by atoms with Crippen molar-refractivity contribution < 1.29 is 27.4 Å². The van der Waals surface area contributed by atoms with Gasteiger partial charge in [0, 0.05) is 0 Å². The summed E-state index contributed by atoms with van der Waals surface area (Å²) in [4.78, 5) is 11.2. The number of alkyl halides is 2. The average Bonchev–Trinajstić information content (AvgIpc) is 2.23. The van der Waals surface area contributed by atoms with Gasteiger partial charge >= 0.3 is 5.97 Å². The van der Waals surface area contributed by atoms with E-state index in [1.54, 1.807) is 0 Å². The topological polar surface area (TPSA) is 35.5 Å². The fraction of sp³-hybridized carbons (Fsp3) is 0.222. The Kier molecular flexibility index (Phi) is 4.47. The first-order chi connectivity index (χ1) is 7.88. The van der Waals surface area contributed by atoms with Gasteiger partial charge in [0.2, 0.25) is 5.82 Å². The lowest BCUT2D eigenvalue weighted by Crippen LogP contribution is -2.12. The lowest BCUT2D eigenvalue weighted by atomic mass is 10.2. The Morgan fingerprint density at radius 3 is 2.35 bits per heavy atom. The quantitative estimate of drug-likeness (QED) is 0.487. The summed E-state index contributed by atoms with van der Waals surface area (Å²) in [6, 6.07) is 0.325. The fourth-order valence-corrected chi connectivity index (χ4v) is 1.21. The highest BCUT2D eigenvalue weighted by molar-refractivity contribution is 6.43. The van der Waals surface area contributed by atoms with Crippen molar-refractivity contribution in [2.75, 3.05) is 7.11 Å². The number of carbonyl (C=O) groups excluding carboxylic acids is 1. The smallest absolute Gasteiger partial charge is 0.343 e. The first-order valence-electron chi connectivity index (χ1n) is 4.09. The van der Waals surface area contributed by atoms with Crippen LogP contribution in [0, 0.1) is 17.5 Å². The zero-order valence-corrected chi connectivity index (χ0v) is 9.78. The summed E-state index contributed by atoms with van der Waals surface area (Å²) in [5.41, 5.74) is -0.868. The second-order valence-corrected chi connectivity index (χ2v) is 3.75. The number of benzene rings is 1. The van der Waals surface area contributed by atoms with Gasteiger partial charge in [0.05, 0.1) is 7.11 Å². The lowest BCUT2D eigenvalue weighted by Gasteiger charge is -2.09. The van der Waals surface area contributed by atoms with Crippen LogP contribution < -0.4 is 4.74 Å². The van der Waals surface area contributed by atoms with E-state index < -0.39 is 39.8 Å². The number of hydrogen-bond acceptors (Lipinski definition) is 3. The number of esters is 1. The van der Waals surface area contributed by atoms with Gasteiger partial charge in [0.1, 0.15) is 5.56 Å². The van der Waals surface area contributed by atoms with Crippen molar-refractivity contribution in [2.45, 2.75) is 5.02 Å². The van der Waals surface area contributed by atoms with Crippen LogP contribution in [0.5, 0.6) is 5.75 Å². The third-order valence-corrected chi connectivity index (χ3v) is 1.91. The van der Waals surface area contributed by atoms with Crippen LogP contribution in [-0.2, 0) is 4.74 Å². The van der Waals surface area contributed by atoms with E-state index in [1.807, 2.05) is 0 Å². The molecule has 0 bridgehead atoms. The number of hydrogen-bond donors (Lipinski definition) is 0. The van der Waals surface area contributed by atoms with Crippen LogP contribution in [-0.4, -0.2) is 18.1 Å². The minimum Gasteiger partial charge on any atom is -0.491 e. The largest absolute Gasteiger partial charge is 0.491 e. The van der Waals surface area contributed by atoms with E-state index in [2.05, 4.69) is 9.47 Å². The SMILES string of the molecule is COc1c(F)c(F)cc(C(=O)OC(Cl)Cl)c1F. The Morgan fingerprint density at radius 1 is 1.29 bits per heavy atom. The highest BCUT2D eigenvalue weighted by atomic mass is 35.5. The molecular weight excluding hydrogens is 284 g/mol. The molecule has 0 fully saturated rings. The lowest BCUT2D eigenvalue weighted by molar-refractivity contribution is 0.0528. The fourth-order valence-electron chi connectivity index (χ4n) is 1.05. The maximum atomic E-state index is 13.5. The molecule has 94 valence electrons. The van der Waals surface area contributed by atoms with Gasteiger partial charge in [-0.2, -0.15) is 4.39 Å². The Morgan fingerprint density at radius 2 is 1.88 bits per heavy atom. The Hall–Kier alpha value is -1.14. The molecule has 0 saturated heterocycles. The second-order valence-electron chi connectivity index (χ2n) is 2.73. The van der Waals surface area contributed by atoms with Crippen LogP contribution >= 0.6 is 23.2 Å². The number of carbonyl (C=O) groups is 1. The first kappa shape index (κ1) is 13.9. The van der Waals surface area contributed by atoms with E-state index in [1.165, 1.54) is 0 Å². The molecule has 0 aliphatic carbocycles. The normalized spacial score (nSPS) is 10.5. The minimum absolute atomic E-state index is 0.325. The van der Waals surface area contributed by atoms with E-state index in [4.69, 9.17) is 23.2 Å². The van der Waals surface area contributed by atoms with E-state index >= 15 is 0 Å². The maximum Gasteiger partial charge on any atom is 0.343 e. The van der Waals surface area contributed by atoms with Crippen LogP contribution in [0.3, 0.4) is 0 Å². The number of methoxy groups -OCH3 is 1. The molecule has 0 N–H and O–H groups in total. The summed E-state index contributed by atoms with van der Waals surface area (Å²) >= 11 is 10.2. The van der Waals surface area contributed by atoms with Crippen LogP contribution in [0.15, 0.2) is 6.07 Å². The molecule has 0 atom stereocenters. The molecule has 1 aromatic carbocycles. The molecule has 0 amide bonds. The molecule has 0 aliphatic rings. The van der Waals surface area contributed by atoms with E-state index in [0.29, 0.717) is 6.07 Å². The molecule has 17 heavy (non-hydrogen) atoms. The second kappa shape index (κ2) is 5.46. The molecule has 1 aromatic rings. The third kappa shape index (κ3) is 2.95. The van der Waals surface area contributed by atoms with E-state index in [9.17, 15) is 18.0 Å². The summed E-state index contributed by atoms with van der Waals surface area (Å²) < 4.78 is 48.0. The Balaban J connectivity index is 3.26. The number of halogens is 5. The molecule has 0 aromatic heterocycles. The molecule has 1 rings (SSSR count). The van der Waals surface area contributed by atoms with Crippen molar-refractivity contribution in [1.82, 2.24) is 0 Å². The number of ether oxygens (including phenoxy) is 2. The van der Waals surface area contributed by atoms with Crippen molar-refractivity contribution in [3.05, 3.63) is 29.1 Å².